The highest BCUT2D eigenvalue weighted by molar-refractivity contribution is 5.47. The van der Waals surface area contributed by atoms with Gasteiger partial charge in [0.05, 0.1) is 6.20 Å². The standard InChI is InChI=1S/C23H31N3O/c1-5-9-20(11-7-6-10-19-12-8-13-22(27)18(19)4)21-14-17(3)26-23(25-21)16(2)15-24-26/h8,12-15,20,27H,5-7,9-11H2,1-4H3. The third kappa shape index (κ3) is 4.32. The predicted octanol–water partition coefficient (Wildman–Crippen LogP) is 5.66. The van der Waals surface area contributed by atoms with Gasteiger partial charge >= 0.3 is 0 Å². The molecule has 27 heavy (non-hydrogen) atoms. The number of aromatic hydroxyl groups is 1. The number of rotatable bonds is 8. The summed E-state index contributed by atoms with van der Waals surface area (Å²) in [4.78, 5) is 4.94. The number of phenols is 1. The van der Waals surface area contributed by atoms with Crippen LogP contribution in [0.3, 0.4) is 0 Å². The Kier molecular flexibility index (Phi) is 6.15. The first-order chi connectivity index (χ1) is 13.0. The predicted molar refractivity (Wildman–Crippen MR) is 111 cm³/mol. The van der Waals surface area contributed by atoms with E-state index in [1.165, 1.54) is 30.5 Å². The summed E-state index contributed by atoms with van der Waals surface area (Å²) in [5.74, 6) is 0.902. The summed E-state index contributed by atoms with van der Waals surface area (Å²) in [6.07, 6.45) is 8.71. The minimum Gasteiger partial charge on any atom is -0.508 e. The molecule has 0 aliphatic heterocycles. The van der Waals surface area contributed by atoms with Gasteiger partial charge in [-0.05, 0) is 69.7 Å². The van der Waals surface area contributed by atoms with Crippen LogP contribution < -0.4 is 0 Å². The van der Waals surface area contributed by atoms with Gasteiger partial charge in [0.15, 0.2) is 5.65 Å². The molecule has 1 N–H and O–H groups in total. The SMILES string of the molecule is CCCC(CCCCc1cccc(O)c1C)c1cc(C)n2ncc(C)c2n1. The van der Waals surface area contributed by atoms with Crippen molar-refractivity contribution in [2.75, 3.05) is 0 Å². The molecule has 0 bridgehead atoms. The van der Waals surface area contributed by atoms with Gasteiger partial charge in [-0.3, -0.25) is 0 Å². The lowest BCUT2D eigenvalue weighted by atomic mass is 9.91. The average Bonchev–Trinajstić information content (AvgIpc) is 3.02. The minimum atomic E-state index is 0.403. The first kappa shape index (κ1) is 19.4. The minimum absolute atomic E-state index is 0.403. The molecule has 0 amide bonds. The van der Waals surface area contributed by atoms with Crippen molar-refractivity contribution in [2.24, 2.45) is 0 Å². The summed E-state index contributed by atoms with van der Waals surface area (Å²) < 4.78 is 1.94. The summed E-state index contributed by atoms with van der Waals surface area (Å²) >= 11 is 0. The molecule has 2 aromatic heterocycles. The lowest BCUT2D eigenvalue weighted by molar-refractivity contribution is 0.469. The van der Waals surface area contributed by atoms with Crippen LogP contribution in [0, 0.1) is 20.8 Å². The molecule has 0 saturated heterocycles. The van der Waals surface area contributed by atoms with Crippen LogP contribution in [0.2, 0.25) is 0 Å². The fraction of sp³-hybridized carbons (Fsp3) is 0.478. The highest BCUT2D eigenvalue weighted by Gasteiger charge is 2.15. The van der Waals surface area contributed by atoms with Gasteiger partial charge in [0.25, 0.3) is 0 Å². The largest absolute Gasteiger partial charge is 0.508 e. The monoisotopic (exact) mass is 365 g/mol. The number of unbranched alkanes of at least 4 members (excludes halogenated alkanes) is 1. The molecular formula is C23H31N3O. The second-order valence-electron chi connectivity index (χ2n) is 7.68. The molecule has 0 aliphatic rings. The molecule has 0 saturated carbocycles. The molecule has 1 aromatic carbocycles. The van der Waals surface area contributed by atoms with Gasteiger partial charge in [0.2, 0.25) is 0 Å². The molecule has 3 aromatic rings. The quantitative estimate of drug-likeness (QED) is 0.524. The second-order valence-corrected chi connectivity index (χ2v) is 7.68. The van der Waals surface area contributed by atoms with E-state index in [0.29, 0.717) is 11.7 Å². The first-order valence-corrected chi connectivity index (χ1v) is 10.1. The van der Waals surface area contributed by atoms with Gasteiger partial charge in [-0.2, -0.15) is 5.10 Å². The molecule has 3 rings (SSSR count). The maximum absolute atomic E-state index is 9.87. The number of hydrogen-bond acceptors (Lipinski definition) is 3. The number of nitrogens with zero attached hydrogens (tertiary/aromatic N) is 3. The van der Waals surface area contributed by atoms with Crippen LogP contribution in [0.4, 0.5) is 0 Å². The smallest absolute Gasteiger partial charge is 0.158 e. The van der Waals surface area contributed by atoms with Gasteiger partial charge in [0, 0.05) is 22.9 Å². The molecule has 4 heteroatoms. The lowest BCUT2D eigenvalue weighted by Crippen LogP contribution is -2.06. The van der Waals surface area contributed by atoms with Gasteiger partial charge in [-0.25, -0.2) is 9.50 Å². The summed E-state index contributed by atoms with van der Waals surface area (Å²) in [7, 11) is 0. The fourth-order valence-electron chi connectivity index (χ4n) is 3.89. The third-order valence-electron chi connectivity index (χ3n) is 5.57. The van der Waals surface area contributed by atoms with E-state index < -0.39 is 0 Å². The van der Waals surface area contributed by atoms with Crippen LogP contribution in [0.15, 0.2) is 30.5 Å². The van der Waals surface area contributed by atoms with Gasteiger partial charge in [0.1, 0.15) is 5.75 Å². The van der Waals surface area contributed by atoms with Gasteiger partial charge < -0.3 is 5.11 Å². The van der Waals surface area contributed by atoms with E-state index in [9.17, 15) is 5.11 Å². The summed E-state index contributed by atoms with van der Waals surface area (Å²) in [6.45, 7) is 8.43. The van der Waals surface area contributed by atoms with Gasteiger partial charge in [-0.1, -0.05) is 31.9 Å². The maximum Gasteiger partial charge on any atom is 0.158 e. The average molecular weight is 366 g/mol. The van der Waals surface area contributed by atoms with E-state index >= 15 is 0 Å². The summed E-state index contributed by atoms with van der Waals surface area (Å²) in [6, 6.07) is 8.03. The Hall–Kier alpha value is -2.36. The number of aryl methyl sites for hydroxylation is 3. The third-order valence-corrected chi connectivity index (χ3v) is 5.57. The Morgan fingerprint density at radius 1 is 1.11 bits per heavy atom. The molecule has 0 spiro atoms. The Morgan fingerprint density at radius 2 is 1.93 bits per heavy atom. The van der Waals surface area contributed by atoms with Crippen LogP contribution in [0.25, 0.3) is 5.65 Å². The summed E-state index contributed by atoms with van der Waals surface area (Å²) in [5.41, 5.74) is 6.75. The van der Waals surface area contributed by atoms with Crippen molar-refractivity contribution in [3.05, 3.63) is 58.5 Å². The van der Waals surface area contributed by atoms with E-state index in [0.717, 1.165) is 41.7 Å². The van der Waals surface area contributed by atoms with Crippen molar-refractivity contribution < 1.29 is 5.11 Å². The molecule has 144 valence electrons. The zero-order valence-electron chi connectivity index (χ0n) is 17.0. The second kappa shape index (κ2) is 8.55. The Morgan fingerprint density at radius 3 is 2.70 bits per heavy atom. The van der Waals surface area contributed by atoms with Crippen molar-refractivity contribution in [3.63, 3.8) is 0 Å². The van der Waals surface area contributed by atoms with Crippen LogP contribution in [0.1, 0.15) is 73.0 Å². The Labute approximate surface area is 162 Å². The zero-order valence-corrected chi connectivity index (χ0v) is 17.0. The van der Waals surface area contributed by atoms with Crippen molar-refractivity contribution >= 4 is 5.65 Å². The van der Waals surface area contributed by atoms with Crippen molar-refractivity contribution in [3.8, 4) is 5.75 Å². The highest BCUT2D eigenvalue weighted by atomic mass is 16.3. The number of aromatic nitrogens is 3. The molecule has 0 aliphatic carbocycles. The van der Waals surface area contributed by atoms with Gasteiger partial charge in [-0.15, -0.1) is 0 Å². The molecule has 4 nitrogen and oxygen atoms in total. The lowest BCUT2D eigenvalue weighted by Gasteiger charge is -2.17. The molecular weight excluding hydrogens is 334 g/mol. The summed E-state index contributed by atoms with van der Waals surface area (Å²) in [5, 5.41) is 14.3. The fourth-order valence-corrected chi connectivity index (χ4v) is 3.89. The first-order valence-electron chi connectivity index (χ1n) is 10.1. The number of hydrogen-bond donors (Lipinski definition) is 1. The maximum atomic E-state index is 9.87. The number of fused-ring (bicyclic) bond motifs is 1. The van der Waals surface area contributed by atoms with Crippen molar-refractivity contribution in [2.45, 2.75) is 72.1 Å². The van der Waals surface area contributed by atoms with Crippen molar-refractivity contribution in [1.29, 1.82) is 0 Å². The van der Waals surface area contributed by atoms with Crippen LogP contribution >= 0.6 is 0 Å². The number of phenolic OH excluding ortho intramolecular Hbond substituents is 1. The van der Waals surface area contributed by atoms with E-state index in [1.54, 1.807) is 6.07 Å². The van der Waals surface area contributed by atoms with Crippen LogP contribution in [0.5, 0.6) is 5.75 Å². The van der Waals surface area contributed by atoms with Crippen LogP contribution in [-0.2, 0) is 6.42 Å². The Bertz CT molecular complexity index is 913. The van der Waals surface area contributed by atoms with E-state index in [-0.39, 0.29) is 0 Å². The molecule has 2 heterocycles. The molecule has 1 unspecified atom stereocenters. The van der Waals surface area contributed by atoms with E-state index in [4.69, 9.17) is 4.98 Å². The highest BCUT2D eigenvalue weighted by Crippen LogP contribution is 2.28. The van der Waals surface area contributed by atoms with E-state index in [2.05, 4.69) is 38.0 Å². The topological polar surface area (TPSA) is 50.4 Å². The Balaban J connectivity index is 1.67. The number of benzene rings is 1. The van der Waals surface area contributed by atoms with Crippen molar-refractivity contribution in [1.82, 2.24) is 14.6 Å². The molecule has 0 fully saturated rings. The van der Waals surface area contributed by atoms with Crippen LogP contribution in [-0.4, -0.2) is 19.7 Å². The molecule has 0 radical (unpaired) electrons. The normalized spacial score (nSPS) is 12.6. The zero-order chi connectivity index (χ0) is 19.4. The van der Waals surface area contributed by atoms with E-state index in [1.807, 2.05) is 23.7 Å². The molecule has 1 atom stereocenters.